The number of rotatable bonds is 9. The van der Waals surface area contributed by atoms with Crippen molar-refractivity contribution in [2.45, 2.75) is 45.4 Å². The number of aryl methyl sites for hydroxylation is 2. The van der Waals surface area contributed by atoms with E-state index in [2.05, 4.69) is 0 Å². The van der Waals surface area contributed by atoms with Crippen molar-refractivity contribution < 1.29 is 22.0 Å². The lowest BCUT2D eigenvalue weighted by Gasteiger charge is -2.08. The molecule has 0 atom stereocenters. The molecular weight excluding hydrogens is 445 g/mol. The van der Waals surface area contributed by atoms with E-state index in [1.807, 2.05) is 6.92 Å². The lowest BCUT2D eigenvalue weighted by atomic mass is 9.98. The number of halogens is 5. The van der Waals surface area contributed by atoms with E-state index in [4.69, 9.17) is 5.26 Å². The van der Waals surface area contributed by atoms with Gasteiger partial charge >= 0.3 is 0 Å². The highest BCUT2D eigenvalue weighted by Gasteiger charge is 2.13. The Morgan fingerprint density at radius 3 is 2.06 bits per heavy atom. The lowest BCUT2D eigenvalue weighted by molar-refractivity contribution is 0.540. The number of hydrogen-bond donors (Lipinski definition) is 0. The minimum absolute atomic E-state index is 0.000783. The van der Waals surface area contributed by atoms with Crippen LogP contribution < -0.4 is 0 Å². The Morgan fingerprint density at radius 2 is 1.47 bits per heavy atom. The molecule has 0 fully saturated rings. The van der Waals surface area contributed by atoms with Gasteiger partial charge in [0.25, 0.3) is 0 Å². The van der Waals surface area contributed by atoms with Crippen molar-refractivity contribution in [2.75, 3.05) is 0 Å². The largest absolute Gasteiger partial charge is 0.209 e. The van der Waals surface area contributed by atoms with Gasteiger partial charge < -0.3 is 0 Å². The van der Waals surface area contributed by atoms with Crippen molar-refractivity contribution in [1.82, 2.24) is 0 Å². The highest BCUT2D eigenvalue weighted by molar-refractivity contribution is 5.65. The van der Waals surface area contributed by atoms with Gasteiger partial charge in [-0.3, -0.25) is 0 Å². The Labute approximate surface area is 196 Å². The Balaban J connectivity index is 1.67. The second kappa shape index (κ2) is 11.6. The first kappa shape index (κ1) is 25.2. The molecule has 0 spiro atoms. The first-order valence-electron chi connectivity index (χ1n) is 11.2. The summed E-state index contributed by atoms with van der Waals surface area (Å²) in [6, 6.07) is 14.5. The van der Waals surface area contributed by atoms with E-state index < -0.39 is 34.7 Å². The molecule has 0 bridgehead atoms. The van der Waals surface area contributed by atoms with Crippen LogP contribution in [0.25, 0.3) is 17.0 Å². The smallest absolute Gasteiger partial charge is 0.161 e. The van der Waals surface area contributed by atoms with Crippen LogP contribution in [-0.2, 0) is 12.8 Å². The third kappa shape index (κ3) is 6.11. The Kier molecular flexibility index (Phi) is 8.59. The van der Waals surface area contributed by atoms with Gasteiger partial charge in [0.15, 0.2) is 5.83 Å². The molecule has 0 unspecified atom stereocenters. The Morgan fingerprint density at radius 1 is 0.794 bits per heavy atom. The zero-order chi connectivity index (χ0) is 24.7. The highest BCUT2D eigenvalue weighted by atomic mass is 19.2. The number of allylic oxidation sites excluding steroid dienone is 1. The average Bonchev–Trinajstić information content (AvgIpc) is 2.83. The van der Waals surface area contributed by atoms with Crippen LogP contribution in [0.2, 0.25) is 0 Å². The molecule has 6 heteroatoms. The third-order valence-electron chi connectivity index (χ3n) is 5.67. The van der Waals surface area contributed by atoms with Crippen molar-refractivity contribution in [2.24, 2.45) is 0 Å². The molecule has 0 saturated carbocycles. The Hall–Kier alpha value is -3.46. The molecule has 3 rings (SSSR count). The molecule has 0 aliphatic heterocycles. The summed E-state index contributed by atoms with van der Waals surface area (Å²) in [5.74, 6) is -4.33. The van der Waals surface area contributed by atoms with E-state index in [9.17, 15) is 22.0 Å². The maximum Gasteiger partial charge on any atom is 0.161 e. The third-order valence-corrected chi connectivity index (χ3v) is 5.67. The molecule has 0 amide bonds. The van der Waals surface area contributed by atoms with Crippen molar-refractivity contribution in [1.29, 1.82) is 5.26 Å². The molecule has 0 aromatic heterocycles. The van der Waals surface area contributed by atoms with Gasteiger partial charge in [-0.2, -0.15) is 5.26 Å². The summed E-state index contributed by atoms with van der Waals surface area (Å²) in [6.45, 7) is 1.97. The van der Waals surface area contributed by atoms with Crippen molar-refractivity contribution in [3.05, 3.63) is 100 Å². The van der Waals surface area contributed by atoms with E-state index in [1.54, 1.807) is 24.3 Å². The maximum atomic E-state index is 14.5. The van der Waals surface area contributed by atoms with E-state index in [1.165, 1.54) is 18.2 Å². The summed E-state index contributed by atoms with van der Waals surface area (Å²) in [7, 11) is 0. The van der Waals surface area contributed by atoms with Crippen LogP contribution in [0.4, 0.5) is 22.0 Å². The fourth-order valence-corrected chi connectivity index (χ4v) is 3.67. The number of unbranched alkanes of at least 4 members (excludes halogenated alkanes) is 2. The van der Waals surface area contributed by atoms with Gasteiger partial charge in [0.2, 0.25) is 0 Å². The molecule has 0 N–H and O–H groups in total. The molecule has 34 heavy (non-hydrogen) atoms. The van der Waals surface area contributed by atoms with Crippen LogP contribution in [0.5, 0.6) is 0 Å². The van der Waals surface area contributed by atoms with E-state index in [-0.39, 0.29) is 12.0 Å². The van der Waals surface area contributed by atoms with Crippen LogP contribution in [0.15, 0.2) is 60.4 Å². The van der Waals surface area contributed by atoms with Gasteiger partial charge in [-0.1, -0.05) is 56.2 Å². The summed E-state index contributed by atoms with van der Waals surface area (Å²) >= 11 is 0. The standard InChI is InChI=1S/C28H24F5N/c1-2-3-4-5-24(29)28(33)21-13-12-20(25(30)14-21)11-8-18-6-9-19(10-7-18)22-15-26(31)23(17-34)27(32)16-22/h6-7,9-10,12-16H,2-5,8,11H2,1H3. The van der Waals surface area contributed by atoms with Gasteiger partial charge in [-0.15, -0.1) is 0 Å². The SMILES string of the molecule is CCCCCC(F)=C(F)c1ccc(CCc2ccc(-c3cc(F)c(C#N)c(F)c3)cc2)c(F)c1. The quantitative estimate of drug-likeness (QED) is 0.227. The van der Waals surface area contributed by atoms with Gasteiger partial charge in [0, 0.05) is 12.0 Å². The average molecular weight is 469 g/mol. The Bertz CT molecular complexity index is 1200. The second-order valence-corrected chi connectivity index (χ2v) is 8.11. The summed E-state index contributed by atoms with van der Waals surface area (Å²) in [5, 5.41) is 8.78. The minimum Gasteiger partial charge on any atom is -0.209 e. The van der Waals surface area contributed by atoms with Crippen LogP contribution in [0.1, 0.15) is 54.9 Å². The molecule has 3 aromatic rings. The lowest BCUT2D eigenvalue weighted by Crippen LogP contribution is -1.97. The van der Waals surface area contributed by atoms with E-state index in [0.717, 1.165) is 36.6 Å². The summed E-state index contributed by atoms with van der Waals surface area (Å²) in [4.78, 5) is 0. The predicted molar refractivity (Wildman–Crippen MR) is 124 cm³/mol. The van der Waals surface area contributed by atoms with E-state index in [0.29, 0.717) is 36.0 Å². The molecule has 0 aliphatic carbocycles. The van der Waals surface area contributed by atoms with Gasteiger partial charge in [0.1, 0.15) is 34.9 Å². The molecule has 176 valence electrons. The molecule has 0 radical (unpaired) electrons. The molecule has 0 saturated heterocycles. The van der Waals surface area contributed by atoms with Gasteiger partial charge in [0.05, 0.1) is 0 Å². The van der Waals surface area contributed by atoms with Crippen LogP contribution in [0, 0.1) is 28.8 Å². The monoisotopic (exact) mass is 469 g/mol. The predicted octanol–water partition coefficient (Wildman–Crippen LogP) is 8.62. The topological polar surface area (TPSA) is 23.8 Å². The van der Waals surface area contributed by atoms with Crippen molar-refractivity contribution in [3.63, 3.8) is 0 Å². The number of hydrogen-bond acceptors (Lipinski definition) is 1. The molecular formula is C28H24F5N. The summed E-state index contributed by atoms with van der Waals surface area (Å²) in [5.41, 5.74) is 1.40. The van der Waals surface area contributed by atoms with E-state index >= 15 is 0 Å². The maximum absolute atomic E-state index is 14.5. The summed E-state index contributed by atoms with van der Waals surface area (Å²) < 4.78 is 70.5. The number of benzene rings is 3. The molecule has 0 heterocycles. The van der Waals surface area contributed by atoms with Crippen LogP contribution in [0.3, 0.4) is 0 Å². The fourth-order valence-electron chi connectivity index (χ4n) is 3.67. The molecule has 1 nitrogen and oxygen atoms in total. The first-order chi connectivity index (χ1) is 16.3. The van der Waals surface area contributed by atoms with Gasteiger partial charge in [-0.05, 0) is 59.7 Å². The number of nitrogens with zero attached hydrogens (tertiary/aromatic N) is 1. The number of nitriles is 1. The van der Waals surface area contributed by atoms with Crippen molar-refractivity contribution in [3.8, 4) is 17.2 Å². The highest BCUT2D eigenvalue weighted by Crippen LogP contribution is 2.28. The minimum atomic E-state index is -1.02. The molecule has 3 aromatic carbocycles. The zero-order valence-corrected chi connectivity index (χ0v) is 18.8. The van der Waals surface area contributed by atoms with Crippen LogP contribution in [-0.4, -0.2) is 0 Å². The molecule has 0 aliphatic rings. The summed E-state index contributed by atoms with van der Waals surface area (Å²) in [6.07, 6.45) is 3.07. The first-order valence-corrected chi connectivity index (χ1v) is 11.2. The normalized spacial score (nSPS) is 11.8. The second-order valence-electron chi connectivity index (χ2n) is 8.11. The fraction of sp³-hybridized carbons (Fsp3) is 0.250. The van der Waals surface area contributed by atoms with Gasteiger partial charge in [-0.25, -0.2) is 22.0 Å². The van der Waals surface area contributed by atoms with Crippen molar-refractivity contribution >= 4 is 5.83 Å². The van der Waals surface area contributed by atoms with Crippen LogP contribution >= 0.6 is 0 Å². The zero-order valence-electron chi connectivity index (χ0n) is 18.8.